The van der Waals surface area contributed by atoms with Crippen molar-refractivity contribution in [3.05, 3.63) is 89.0 Å². The Labute approximate surface area is 209 Å². The first-order valence-corrected chi connectivity index (χ1v) is 11.6. The maximum absolute atomic E-state index is 13.4. The minimum absolute atomic E-state index is 0.169. The summed E-state index contributed by atoms with van der Waals surface area (Å²) in [6.45, 7) is 4.03. The predicted molar refractivity (Wildman–Crippen MR) is 147 cm³/mol. The van der Waals surface area contributed by atoms with Gasteiger partial charge in [-0.25, -0.2) is 9.97 Å². The number of anilines is 3. The highest BCUT2D eigenvalue weighted by atomic mass is 16.1. The summed E-state index contributed by atoms with van der Waals surface area (Å²) in [6.07, 6.45) is 1.69. The number of aryl methyl sites for hydroxylation is 2. The van der Waals surface area contributed by atoms with E-state index in [2.05, 4.69) is 10.4 Å². The zero-order valence-electron chi connectivity index (χ0n) is 20.6. The van der Waals surface area contributed by atoms with Gasteiger partial charge in [0.15, 0.2) is 5.65 Å². The van der Waals surface area contributed by atoms with Crippen molar-refractivity contribution in [3.63, 3.8) is 0 Å². The van der Waals surface area contributed by atoms with E-state index in [0.717, 1.165) is 22.4 Å². The van der Waals surface area contributed by atoms with Gasteiger partial charge in [-0.1, -0.05) is 30.3 Å². The molecular weight excluding hydrogens is 450 g/mol. The number of para-hydroxylation sites is 2. The molecular formula is C28H27N7O. The molecule has 3 aromatic carbocycles. The third-order valence-corrected chi connectivity index (χ3v) is 6.20. The van der Waals surface area contributed by atoms with E-state index in [4.69, 9.17) is 15.7 Å². The first-order valence-electron chi connectivity index (χ1n) is 11.6. The number of rotatable bonds is 5. The molecule has 0 fully saturated rings. The fourth-order valence-electron chi connectivity index (χ4n) is 3.98. The molecule has 8 heteroatoms. The Morgan fingerprint density at radius 1 is 0.972 bits per heavy atom. The molecule has 3 N–H and O–H groups in total. The molecule has 0 spiro atoms. The van der Waals surface area contributed by atoms with Gasteiger partial charge in [0, 0.05) is 25.5 Å². The second kappa shape index (κ2) is 9.14. The number of nitrogens with zero attached hydrogens (tertiary/aromatic N) is 5. The standard InChI is InChI=1S/C28H27N7O/c1-17-9-12-20(15-18(17)2)31-28(36)24-25-27(33-23-8-6-5-7-22(23)32-25)35(26(24)29)30-16-19-10-13-21(14-11-19)34(3)4/h5-16H,29H2,1-4H3,(H,31,36). The molecule has 36 heavy (non-hydrogen) atoms. The molecule has 0 bridgehead atoms. The Morgan fingerprint density at radius 3 is 2.33 bits per heavy atom. The van der Waals surface area contributed by atoms with Crippen LogP contribution in [0.25, 0.3) is 22.2 Å². The minimum Gasteiger partial charge on any atom is -0.383 e. The number of nitrogens with two attached hydrogens (primary N) is 1. The van der Waals surface area contributed by atoms with Crippen LogP contribution in [0.1, 0.15) is 27.0 Å². The van der Waals surface area contributed by atoms with E-state index in [-0.39, 0.29) is 17.3 Å². The summed E-state index contributed by atoms with van der Waals surface area (Å²) in [7, 11) is 3.98. The van der Waals surface area contributed by atoms with E-state index >= 15 is 0 Å². The summed E-state index contributed by atoms with van der Waals surface area (Å²) in [6, 6.07) is 21.2. The molecule has 0 aliphatic rings. The smallest absolute Gasteiger partial charge is 0.261 e. The van der Waals surface area contributed by atoms with Gasteiger partial charge in [-0.3, -0.25) is 4.79 Å². The lowest BCUT2D eigenvalue weighted by molar-refractivity contribution is 0.102. The van der Waals surface area contributed by atoms with Crippen LogP contribution in [0.5, 0.6) is 0 Å². The number of nitrogen functional groups attached to an aromatic ring is 1. The van der Waals surface area contributed by atoms with Crippen molar-refractivity contribution < 1.29 is 4.79 Å². The van der Waals surface area contributed by atoms with Crippen LogP contribution in [-0.4, -0.2) is 40.9 Å². The zero-order chi connectivity index (χ0) is 25.4. The van der Waals surface area contributed by atoms with E-state index in [1.54, 1.807) is 6.21 Å². The lowest BCUT2D eigenvalue weighted by Gasteiger charge is -2.11. The first kappa shape index (κ1) is 23.0. The minimum atomic E-state index is -0.366. The molecule has 5 rings (SSSR count). The Hall–Kier alpha value is -4.72. The fourth-order valence-corrected chi connectivity index (χ4v) is 3.98. The van der Waals surface area contributed by atoms with Crippen LogP contribution < -0.4 is 16.0 Å². The maximum atomic E-state index is 13.4. The second-order valence-electron chi connectivity index (χ2n) is 8.94. The highest BCUT2D eigenvalue weighted by molar-refractivity contribution is 6.16. The summed E-state index contributed by atoms with van der Waals surface area (Å²) in [5.74, 6) is -0.197. The molecule has 0 aliphatic heterocycles. The quantitative estimate of drug-likeness (QED) is 0.348. The van der Waals surface area contributed by atoms with Crippen LogP contribution in [0.2, 0.25) is 0 Å². The summed E-state index contributed by atoms with van der Waals surface area (Å²) in [4.78, 5) is 24.9. The number of nitrogens with one attached hydrogen (secondary N) is 1. The van der Waals surface area contributed by atoms with Gasteiger partial charge >= 0.3 is 0 Å². The summed E-state index contributed by atoms with van der Waals surface area (Å²) >= 11 is 0. The Balaban J connectivity index is 1.61. The predicted octanol–water partition coefficient (Wildman–Crippen LogP) is 4.98. The van der Waals surface area contributed by atoms with Crippen molar-refractivity contribution in [1.29, 1.82) is 0 Å². The lowest BCUT2D eigenvalue weighted by atomic mass is 10.1. The third-order valence-electron chi connectivity index (χ3n) is 6.20. The highest BCUT2D eigenvalue weighted by Gasteiger charge is 2.24. The summed E-state index contributed by atoms with van der Waals surface area (Å²) in [5.41, 5.74) is 13.8. The average Bonchev–Trinajstić information content (AvgIpc) is 3.13. The molecule has 2 heterocycles. The molecule has 5 aromatic rings. The van der Waals surface area contributed by atoms with E-state index < -0.39 is 0 Å². The first-order chi connectivity index (χ1) is 17.3. The maximum Gasteiger partial charge on any atom is 0.261 e. The Kier molecular flexibility index (Phi) is 5.85. The number of carbonyl (C=O) groups excluding carboxylic acids is 1. The Bertz CT molecular complexity index is 1630. The van der Waals surface area contributed by atoms with Crippen LogP contribution in [0, 0.1) is 13.8 Å². The molecule has 0 radical (unpaired) electrons. The molecule has 0 aliphatic carbocycles. The average molecular weight is 478 g/mol. The topological polar surface area (TPSA) is 101 Å². The van der Waals surface area contributed by atoms with Crippen molar-refractivity contribution in [2.45, 2.75) is 13.8 Å². The van der Waals surface area contributed by atoms with Gasteiger partial charge in [-0.2, -0.15) is 9.78 Å². The van der Waals surface area contributed by atoms with E-state index in [1.807, 2.05) is 99.6 Å². The van der Waals surface area contributed by atoms with Gasteiger partial charge < -0.3 is 16.0 Å². The molecule has 180 valence electrons. The largest absolute Gasteiger partial charge is 0.383 e. The molecule has 0 atom stereocenters. The van der Waals surface area contributed by atoms with Gasteiger partial charge in [-0.05, 0) is 66.9 Å². The van der Waals surface area contributed by atoms with Gasteiger partial charge in [-0.15, -0.1) is 0 Å². The molecule has 8 nitrogen and oxygen atoms in total. The van der Waals surface area contributed by atoms with Crippen LogP contribution in [0.3, 0.4) is 0 Å². The molecule has 1 amide bonds. The normalized spacial score (nSPS) is 11.4. The number of hydrogen-bond acceptors (Lipinski definition) is 6. The second-order valence-corrected chi connectivity index (χ2v) is 8.94. The van der Waals surface area contributed by atoms with Crippen LogP contribution in [-0.2, 0) is 0 Å². The van der Waals surface area contributed by atoms with Crippen molar-refractivity contribution >= 4 is 51.5 Å². The highest BCUT2D eigenvalue weighted by Crippen LogP contribution is 2.29. The number of carbonyl (C=O) groups is 1. The van der Waals surface area contributed by atoms with Crippen molar-refractivity contribution in [2.24, 2.45) is 5.10 Å². The summed E-state index contributed by atoms with van der Waals surface area (Å²) < 4.78 is 1.48. The SMILES string of the molecule is Cc1ccc(NC(=O)c2c(N)n(N=Cc3ccc(N(C)C)cc3)c3nc4ccccc4nc23)cc1C. The molecule has 0 saturated carbocycles. The van der Waals surface area contributed by atoms with E-state index in [9.17, 15) is 4.79 Å². The molecule has 0 unspecified atom stereocenters. The van der Waals surface area contributed by atoms with Gasteiger partial charge in [0.25, 0.3) is 5.91 Å². The zero-order valence-corrected chi connectivity index (χ0v) is 20.6. The van der Waals surface area contributed by atoms with Gasteiger partial charge in [0.05, 0.1) is 17.2 Å². The monoisotopic (exact) mass is 477 g/mol. The number of fused-ring (bicyclic) bond motifs is 2. The van der Waals surface area contributed by atoms with Gasteiger partial charge in [0.1, 0.15) is 16.9 Å². The van der Waals surface area contributed by atoms with Crippen LogP contribution in [0.15, 0.2) is 71.8 Å². The van der Waals surface area contributed by atoms with E-state index in [1.165, 1.54) is 4.68 Å². The number of benzene rings is 3. The van der Waals surface area contributed by atoms with Crippen molar-refractivity contribution in [1.82, 2.24) is 14.6 Å². The number of hydrogen-bond donors (Lipinski definition) is 2. The van der Waals surface area contributed by atoms with Crippen LogP contribution in [0.4, 0.5) is 17.2 Å². The van der Waals surface area contributed by atoms with E-state index in [0.29, 0.717) is 27.9 Å². The number of aromatic nitrogens is 3. The third kappa shape index (κ3) is 4.24. The lowest BCUT2D eigenvalue weighted by Crippen LogP contribution is -2.14. The fraction of sp³-hybridized carbons (Fsp3) is 0.143. The summed E-state index contributed by atoms with van der Waals surface area (Å²) in [5, 5.41) is 7.55. The van der Waals surface area contributed by atoms with Crippen molar-refractivity contribution in [3.8, 4) is 0 Å². The Morgan fingerprint density at radius 2 is 1.67 bits per heavy atom. The number of amides is 1. The molecule has 0 saturated heterocycles. The van der Waals surface area contributed by atoms with Crippen molar-refractivity contribution in [2.75, 3.05) is 30.0 Å². The van der Waals surface area contributed by atoms with Crippen LogP contribution >= 0.6 is 0 Å². The van der Waals surface area contributed by atoms with Gasteiger partial charge in [0.2, 0.25) is 0 Å². The molecule has 2 aromatic heterocycles.